The first-order valence-electron chi connectivity index (χ1n) is 8.99. The van der Waals surface area contributed by atoms with Gasteiger partial charge >= 0.3 is 0 Å². The number of piperidine rings is 1. The zero-order valence-electron chi connectivity index (χ0n) is 15.4. The van der Waals surface area contributed by atoms with Crippen molar-refractivity contribution in [2.45, 2.75) is 25.7 Å². The third-order valence-corrected chi connectivity index (χ3v) is 4.87. The van der Waals surface area contributed by atoms with Crippen molar-refractivity contribution in [2.75, 3.05) is 33.7 Å². The molecule has 1 aromatic heterocycles. The number of amides is 1. The molecule has 0 aliphatic carbocycles. The minimum absolute atomic E-state index is 0.169. The summed E-state index contributed by atoms with van der Waals surface area (Å²) in [5.74, 6) is 0.565. The van der Waals surface area contributed by atoms with Gasteiger partial charge in [0.1, 0.15) is 0 Å². The number of aryl methyl sites for hydroxylation is 1. The molecule has 1 atom stereocenters. The Hall–Kier alpha value is -2.20. The van der Waals surface area contributed by atoms with E-state index >= 15 is 0 Å². The van der Waals surface area contributed by atoms with Crippen LogP contribution in [0, 0.1) is 6.92 Å². The lowest BCUT2D eigenvalue weighted by Gasteiger charge is -2.32. The molecule has 0 saturated carbocycles. The monoisotopic (exact) mass is 337 g/mol. The Balaban J connectivity index is 1.75. The van der Waals surface area contributed by atoms with Crippen molar-refractivity contribution in [1.29, 1.82) is 0 Å². The third kappa shape index (κ3) is 4.45. The normalized spacial score (nSPS) is 18.1. The van der Waals surface area contributed by atoms with Gasteiger partial charge in [-0.05, 0) is 44.5 Å². The number of carbonyl (C=O) groups excluding carboxylic acids is 1. The van der Waals surface area contributed by atoms with Crippen molar-refractivity contribution in [3.8, 4) is 11.3 Å². The second-order valence-corrected chi connectivity index (χ2v) is 7.18. The molecular formula is C21H27N3O. The number of benzene rings is 1. The highest BCUT2D eigenvalue weighted by Crippen LogP contribution is 2.27. The summed E-state index contributed by atoms with van der Waals surface area (Å²) in [5.41, 5.74) is 4.58. The van der Waals surface area contributed by atoms with Gasteiger partial charge in [-0.1, -0.05) is 29.8 Å². The summed E-state index contributed by atoms with van der Waals surface area (Å²) in [7, 11) is 3.63. The Morgan fingerprint density at radius 3 is 2.80 bits per heavy atom. The van der Waals surface area contributed by atoms with Gasteiger partial charge in [0.25, 0.3) is 0 Å². The van der Waals surface area contributed by atoms with Crippen molar-refractivity contribution >= 4 is 5.91 Å². The molecule has 1 amide bonds. The molecule has 4 nitrogen and oxygen atoms in total. The maximum atomic E-state index is 12.0. The summed E-state index contributed by atoms with van der Waals surface area (Å²) in [6.07, 6.45) is 2.25. The highest BCUT2D eigenvalue weighted by molar-refractivity contribution is 5.77. The fraction of sp³-hybridized carbons (Fsp3) is 0.429. The molecule has 1 saturated heterocycles. The summed E-state index contributed by atoms with van der Waals surface area (Å²) in [5, 5.41) is 0. The number of hydrogen-bond donors (Lipinski definition) is 0. The number of likely N-dealkylation sites (N-methyl/N-ethyl adjacent to an activating group) is 1. The summed E-state index contributed by atoms with van der Waals surface area (Å²) < 4.78 is 0. The maximum Gasteiger partial charge on any atom is 0.236 e. The molecule has 25 heavy (non-hydrogen) atoms. The van der Waals surface area contributed by atoms with E-state index in [0.29, 0.717) is 12.5 Å². The summed E-state index contributed by atoms with van der Waals surface area (Å²) >= 11 is 0. The van der Waals surface area contributed by atoms with Crippen molar-refractivity contribution in [1.82, 2.24) is 14.8 Å². The minimum atomic E-state index is 0.169. The lowest BCUT2D eigenvalue weighted by molar-refractivity contribution is -0.130. The maximum absolute atomic E-state index is 12.0. The summed E-state index contributed by atoms with van der Waals surface area (Å²) in [6, 6.07) is 14.8. The van der Waals surface area contributed by atoms with E-state index in [4.69, 9.17) is 4.98 Å². The van der Waals surface area contributed by atoms with E-state index in [9.17, 15) is 4.79 Å². The smallest absolute Gasteiger partial charge is 0.236 e. The average molecular weight is 337 g/mol. The molecule has 2 heterocycles. The zero-order valence-corrected chi connectivity index (χ0v) is 15.4. The van der Waals surface area contributed by atoms with Crippen molar-refractivity contribution in [3.05, 3.63) is 53.7 Å². The van der Waals surface area contributed by atoms with Crippen LogP contribution >= 0.6 is 0 Å². The fourth-order valence-electron chi connectivity index (χ4n) is 3.42. The molecule has 0 bridgehead atoms. The first kappa shape index (κ1) is 17.6. The number of carbonyl (C=O) groups is 1. The van der Waals surface area contributed by atoms with Crippen LogP contribution < -0.4 is 0 Å². The van der Waals surface area contributed by atoms with Gasteiger partial charge in [-0.25, -0.2) is 0 Å². The predicted octanol–water partition coefficient (Wildman–Crippen LogP) is 3.32. The van der Waals surface area contributed by atoms with Gasteiger partial charge in [-0.15, -0.1) is 0 Å². The molecule has 0 N–H and O–H groups in total. The van der Waals surface area contributed by atoms with Crippen molar-refractivity contribution in [2.24, 2.45) is 0 Å². The molecule has 132 valence electrons. The van der Waals surface area contributed by atoms with Crippen LogP contribution in [0.3, 0.4) is 0 Å². The van der Waals surface area contributed by atoms with E-state index in [1.165, 1.54) is 5.56 Å². The van der Waals surface area contributed by atoms with E-state index in [1.807, 2.05) is 14.1 Å². The Morgan fingerprint density at radius 2 is 2.04 bits per heavy atom. The molecule has 1 aromatic carbocycles. The second-order valence-electron chi connectivity index (χ2n) is 7.18. The van der Waals surface area contributed by atoms with Crippen LogP contribution in [0.2, 0.25) is 0 Å². The van der Waals surface area contributed by atoms with Gasteiger partial charge < -0.3 is 4.90 Å². The van der Waals surface area contributed by atoms with Crippen LogP contribution in [0.5, 0.6) is 0 Å². The highest BCUT2D eigenvalue weighted by Gasteiger charge is 2.24. The molecule has 3 rings (SSSR count). The van der Waals surface area contributed by atoms with Crippen LogP contribution in [0.15, 0.2) is 42.5 Å². The average Bonchev–Trinajstić information content (AvgIpc) is 2.62. The van der Waals surface area contributed by atoms with E-state index in [-0.39, 0.29) is 5.91 Å². The first-order valence-corrected chi connectivity index (χ1v) is 8.99. The Bertz CT molecular complexity index is 741. The van der Waals surface area contributed by atoms with Crippen molar-refractivity contribution < 1.29 is 4.79 Å². The first-order chi connectivity index (χ1) is 12.0. The zero-order chi connectivity index (χ0) is 17.8. The molecule has 2 aromatic rings. The molecule has 1 aliphatic heterocycles. The Labute approximate surface area is 150 Å². The molecule has 0 radical (unpaired) electrons. The number of nitrogens with zero attached hydrogens (tertiary/aromatic N) is 3. The minimum Gasteiger partial charge on any atom is -0.348 e. The molecule has 0 spiro atoms. The number of pyridine rings is 1. The fourth-order valence-corrected chi connectivity index (χ4v) is 3.42. The van der Waals surface area contributed by atoms with E-state index in [1.54, 1.807) is 4.90 Å². The number of likely N-dealkylation sites (tertiary alicyclic amines) is 1. The van der Waals surface area contributed by atoms with Gasteiger partial charge in [0.05, 0.1) is 12.2 Å². The van der Waals surface area contributed by atoms with Crippen LogP contribution in [-0.4, -0.2) is 54.4 Å². The van der Waals surface area contributed by atoms with Crippen molar-refractivity contribution in [3.63, 3.8) is 0 Å². The lowest BCUT2D eigenvalue weighted by atomic mass is 9.93. The number of rotatable bonds is 4. The predicted molar refractivity (Wildman–Crippen MR) is 102 cm³/mol. The van der Waals surface area contributed by atoms with E-state index < -0.39 is 0 Å². The lowest BCUT2D eigenvalue weighted by Crippen LogP contribution is -2.41. The summed E-state index contributed by atoms with van der Waals surface area (Å²) in [4.78, 5) is 20.9. The topological polar surface area (TPSA) is 36.4 Å². The van der Waals surface area contributed by atoms with Crippen LogP contribution in [-0.2, 0) is 4.79 Å². The van der Waals surface area contributed by atoms with Crippen LogP contribution in [0.4, 0.5) is 0 Å². The van der Waals surface area contributed by atoms with E-state index in [0.717, 1.165) is 42.9 Å². The molecule has 1 fully saturated rings. The van der Waals surface area contributed by atoms with Gasteiger partial charge in [0.2, 0.25) is 5.91 Å². The Kier molecular flexibility index (Phi) is 5.49. The molecular weight excluding hydrogens is 310 g/mol. The third-order valence-electron chi connectivity index (χ3n) is 4.87. The van der Waals surface area contributed by atoms with Crippen LogP contribution in [0.25, 0.3) is 11.3 Å². The van der Waals surface area contributed by atoms with Gasteiger partial charge in [-0.2, -0.15) is 0 Å². The number of aromatic nitrogens is 1. The standard InChI is InChI=1S/C21H27N3O/c1-16-7-4-8-17(13-16)19-10-5-11-20(22-19)18-9-6-12-24(14-18)15-21(25)23(2)3/h4-5,7-8,10-11,13,18H,6,9,12,14-15H2,1-3H3/t18-/m1/s1. The van der Waals surface area contributed by atoms with Gasteiger partial charge in [0, 0.05) is 37.8 Å². The SMILES string of the molecule is Cc1cccc(-c2cccc([C@@H]3CCCN(CC(=O)N(C)C)C3)n2)c1. The van der Waals surface area contributed by atoms with E-state index in [2.05, 4.69) is 54.3 Å². The summed E-state index contributed by atoms with van der Waals surface area (Å²) in [6.45, 7) is 4.51. The quantitative estimate of drug-likeness (QED) is 0.859. The van der Waals surface area contributed by atoms with Crippen LogP contribution in [0.1, 0.15) is 30.0 Å². The number of hydrogen-bond acceptors (Lipinski definition) is 3. The highest BCUT2D eigenvalue weighted by atomic mass is 16.2. The second kappa shape index (κ2) is 7.79. The molecule has 4 heteroatoms. The largest absolute Gasteiger partial charge is 0.348 e. The van der Waals surface area contributed by atoms with Gasteiger partial charge in [-0.3, -0.25) is 14.7 Å². The Morgan fingerprint density at radius 1 is 1.24 bits per heavy atom. The molecule has 1 aliphatic rings. The van der Waals surface area contributed by atoms with Gasteiger partial charge in [0.15, 0.2) is 0 Å². The molecule has 0 unspecified atom stereocenters.